The monoisotopic (exact) mass is 360 g/mol. The maximum atomic E-state index is 5.93. The van der Waals surface area contributed by atoms with Crippen LogP contribution in [0.1, 0.15) is 56.4 Å². The Hall–Kier alpha value is -1.13. The summed E-state index contributed by atoms with van der Waals surface area (Å²) in [6.45, 7) is 2.99. The molecule has 0 N–H and O–H groups in total. The first-order valence-electron chi connectivity index (χ1n) is 8.25. The van der Waals surface area contributed by atoms with Crippen LogP contribution in [0, 0.1) is 0 Å². The van der Waals surface area contributed by atoms with E-state index in [2.05, 4.69) is 44.8 Å². The number of hydrogen-bond acceptors (Lipinski definition) is 2. The van der Waals surface area contributed by atoms with Crippen molar-refractivity contribution in [1.29, 1.82) is 0 Å². The number of fused-ring (bicyclic) bond motifs is 2. The fourth-order valence-electron chi connectivity index (χ4n) is 3.77. The topological polar surface area (TPSA) is 27.1 Å². The molecular formula is C18H21BrN2O. The fraction of sp³-hybridized carbons (Fsp3) is 0.500. The molecule has 1 unspecified atom stereocenters. The van der Waals surface area contributed by atoms with Gasteiger partial charge < -0.3 is 4.74 Å². The van der Waals surface area contributed by atoms with Crippen LogP contribution in [0.4, 0.5) is 0 Å². The summed E-state index contributed by atoms with van der Waals surface area (Å²) < 4.78 is 9.22. The lowest BCUT2D eigenvalue weighted by atomic mass is 9.86. The Labute approximate surface area is 139 Å². The number of rotatable bonds is 1. The molecule has 2 heterocycles. The third-order valence-electron chi connectivity index (χ3n) is 4.91. The molecule has 0 bridgehead atoms. The van der Waals surface area contributed by atoms with Crippen molar-refractivity contribution in [2.75, 3.05) is 6.61 Å². The van der Waals surface area contributed by atoms with Crippen molar-refractivity contribution in [3.8, 4) is 0 Å². The first kappa shape index (κ1) is 14.5. The number of hydrogen-bond donors (Lipinski definition) is 0. The maximum Gasteiger partial charge on any atom is 0.150 e. The Morgan fingerprint density at radius 3 is 3.00 bits per heavy atom. The van der Waals surface area contributed by atoms with Gasteiger partial charge in [0.1, 0.15) is 0 Å². The van der Waals surface area contributed by atoms with Gasteiger partial charge in [0, 0.05) is 16.5 Å². The second-order valence-electron chi connectivity index (χ2n) is 6.24. The number of aryl methyl sites for hydroxylation is 1. The minimum atomic E-state index is 0.0981. The fourth-order valence-corrected chi connectivity index (χ4v) is 4.59. The molecule has 0 radical (unpaired) electrons. The number of ether oxygens (including phenoxy) is 1. The standard InChI is InChI=1S/C18H21BrN2O/c1-2-12-6-5-7-13-10-15-14(18(19)17(12)13)11-20-21(15)16-8-3-4-9-22-16/h2,10-11,16H,3-9H2,1H3/b12-2+. The van der Waals surface area contributed by atoms with E-state index in [4.69, 9.17) is 4.74 Å². The third-order valence-corrected chi connectivity index (χ3v) is 5.74. The molecule has 0 amide bonds. The van der Waals surface area contributed by atoms with Gasteiger partial charge in [-0.2, -0.15) is 5.10 Å². The van der Waals surface area contributed by atoms with Crippen LogP contribution in [-0.4, -0.2) is 16.4 Å². The highest BCUT2D eigenvalue weighted by molar-refractivity contribution is 9.10. The van der Waals surface area contributed by atoms with Crippen LogP contribution in [0.3, 0.4) is 0 Å². The summed E-state index contributed by atoms with van der Waals surface area (Å²) in [5.41, 5.74) is 5.49. The van der Waals surface area contributed by atoms with Crippen LogP contribution in [0.5, 0.6) is 0 Å². The van der Waals surface area contributed by atoms with E-state index in [1.54, 1.807) is 0 Å². The molecule has 1 aromatic carbocycles. The van der Waals surface area contributed by atoms with Crippen molar-refractivity contribution >= 4 is 32.4 Å². The van der Waals surface area contributed by atoms with Gasteiger partial charge in [-0.25, -0.2) is 4.68 Å². The summed E-state index contributed by atoms with van der Waals surface area (Å²) in [5, 5.41) is 5.85. The third kappa shape index (κ3) is 2.24. The van der Waals surface area contributed by atoms with Gasteiger partial charge in [-0.3, -0.25) is 0 Å². The SMILES string of the molecule is C/C=C1\CCCc2cc3c(cnn3C3CCCCO3)c(Br)c21. The molecule has 1 aliphatic carbocycles. The summed E-state index contributed by atoms with van der Waals surface area (Å²) in [6, 6.07) is 2.34. The average molecular weight is 361 g/mol. The molecule has 3 nitrogen and oxygen atoms in total. The lowest BCUT2D eigenvalue weighted by Gasteiger charge is -2.25. The maximum absolute atomic E-state index is 5.93. The normalized spacial score (nSPS) is 23.9. The molecule has 1 aliphatic heterocycles. The average Bonchev–Trinajstić information content (AvgIpc) is 2.99. The number of nitrogens with zero attached hydrogens (tertiary/aromatic N) is 2. The molecule has 0 spiro atoms. The molecular weight excluding hydrogens is 340 g/mol. The summed E-state index contributed by atoms with van der Waals surface area (Å²) in [4.78, 5) is 0. The molecule has 2 aliphatic rings. The van der Waals surface area contributed by atoms with Crippen molar-refractivity contribution < 1.29 is 4.74 Å². The van der Waals surface area contributed by atoms with Crippen molar-refractivity contribution in [3.05, 3.63) is 33.9 Å². The molecule has 22 heavy (non-hydrogen) atoms. The minimum Gasteiger partial charge on any atom is -0.356 e. The lowest BCUT2D eigenvalue weighted by molar-refractivity contribution is -0.0366. The van der Waals surface area contributed by atoms with Gasteiger partial charge in [-0.05, 0) is 84.1 Å². The van der Waals surface area contributed by atoms with Crippen LogP contribution in [-0.2, 0) is 11.2 Å². The second-order valence-corrected chi connectivity index (χ2v) is 7.03. The zero-order valence-electron chi connectivity index (χ0n) is 12.9. The predicted octanol–water partition coefficient (Wildman–Crippen LogP) is 5.24. The first-order chi connectivity index (χ1) is 10.8. The van der Waals surface area contributed by atoms with Gasteiger partial charge >= 0.3 is 0 Å². The van der Waals surface area contributed by atoms with Gasteiger partial charge in [0.2, 0.25) is 0 Å². The summed E-state index contributed by atoms with van der Waals surface area (Å²) in [5.74, 6) is 0. The summed E-state index contributed by atoms with van der Waals surface area (Å²) >= 11 is 3.85. The molecule has 1 fully saturated rings. The van der Waals surface area contributed by atoms with E-state index in [0.717, 1.165) is 19.4 Å². The number of halogens is 1. The van der Waals surface area contributed by atoms with Gasteiger partial charge in [0.15, 0.2) is 6.23 Å². The van der Waals surface area contributed by atoms with Crippen LogP contribution < -0.4 is 0 Å². The van der Waals surface area contributed by atoms with Crippen molar-refractivity contribution in [1.82, 2.24) is 9.78 Å². The number of benzene rings is 1. The highest BCUT2D eigenvalue weighted by Gasteiger charge is 2.24. The van der Waals surface area contributed by atoms with E-state index in [1.165, 1.54) is 57.8 Å². The van der Waals surface area contributed by atoms with E-state index in [-0.39, 0.29) is 6.23 Å². The molecule has 1 aromatic heterocycles. The van der Waals surface area contributed by atoms with Crippen molar-refractivity contribution in [2.24, 2.45) is 0 Å². The largest absolute Gasteiger partial charge is 0.356 e. The quantitative estimate of drug-likeness (QED) is 0.695. The van der Waals surface area contributed by atoms with E-state index in [1.807, 2.05) is 6.20 Å². The van der Waals surface area contributed by atoms with Crippen molar-refractivity contribution in [2.45, 2.75) is 51.7 Å². The Kier molecular flexibility index (Phi) is 3.82. The zero-order chi connectivity index (χ0) is 15.1. The Bertz CT molecular complexity index is 741. The molecule has 1 saturated heterocycles. The second kappa shape index (κ2) is 5.82. The van der Waals surface area contributed by atoms with Crippen LogP contribution in [0.25, 0.3) is 16.5 Å². The first-order valence-corrected chi connectivity index (χ1v) is 9.04. The van der Waals surface area contributed by atoms with Crippen LogP contribution >= 0.6 is 15.9 Å². The number of aromatic nitrogens is 2. The smallest absolute Gasteiger partial charge is 0.150 e. The van der Waals surface area contributed by atoms with Crippen LogP contribution in [0.15, 0.2) is 22.8 Å². The Morgan fingerprint density at radius 1 is 1.32 bits per heavy atom. The lowest BCUT2D eigenvalue weighted by Crippen LogP contribution is -2.19. The van der Waals surface area contributed by atoms with Gasteiger partial charge in [-0.15, -0.1) is 0 Å². The summed E-state index contributed by atoms with van der Waals surface area (Å²) in [6.07, 6.45) is 11.3. The zero-order valence-corrected chi connectivity index (χ0v) is 14.5. The highest BCUT2D eigenvalue weighted by atomic mass is 79.9. The molecule has 1 atom stereocenters. The van der Waals surface area contributed by atoms with Crippen LogP contribution in [0.2, 0.25) is 0 Å². The van der Waals surface area contributed by atoms with Gasteiger partial charge in [0.05, 0.1) is 11.7 Å². The highest BCUT2D eigenvalue weighted by Crippen LogP contribution is 2.41. The Morgan fingerprint density at radius 2 is 2.23 bits per heavy atom. The molecule has 116 valence electrons. The van der Waals surface area contributed by atoms with E-state index in [0.29, 0.717) is 0 Å². The van der Waals surface area contributed by atoms with E-state index < -0.39 is 0 Å². The van der Waals surface area contributed by atoms with E-state index in [9.17, 15) is 0 Å². The molecule has 0 saturated carbocycles. The molecule has 4 heteroatoms. The summed E-state index contributed by atoms with van der Waals surface area (Å²) in [7, 11) is 0. The Balaban J connectivity index is 1.88. The van der Waals surface area contributed by atoms with Gasteiger partial charge in [0.25, 0.3) is 0 Å². The van der Waals surface area contributed by atoms with E-state index >= 15 is 0 Å². The van der Waals surface area contributed by atoms with Crippen molar-refractivity contribution in [3.63, 3.8) is 0 Å². The molecule has 4 rings (SSSR count). The minimum absolute atomic E-state index is 0.0981. The number of allylic oxidation sites excluding steroid dienone is 2. The predicted molar refractivity (Wildman–Crippen MR) is 92.9 cm³/mol. The van der Waals surface area contributed by atoms with Gasteiger partial charge in [-0.1, -0.05) is 6.08 Å². The molecule has 2 aromatic rings.